The molecular weight excluding hydrogens is 317 g/mol. The number of fused-ring (bicyclic) bond motifs is 1. The summed E-state index contributed by atoms with van der Waals surface area (Å²) in [5, 5.41) is 0. The van der Waals surface area contributed by atoms with Crippen molar-refractivity contribution in [1.29, 1.82) is 0 Å². The molecule has 0 amide bonds. The van der Waals surface area contributed by atoms with Gasteiger partial charge in [0, 0.05) is 12.0 Å². The highest BCUT2D eigenvalue weighted by Gasteiger charge is 2.35. The Morgan fingerprint density at radius 1 is 1.13 bits per heavy atom. The van der Waals surface area contributed by atoms with Crippen molar-refractivity contribution in [2.24, 2.45) is 0 Å². The van der Waals surface area contributed by atoms with Gasteiger partial charge in [0.15, 0.2) is 0 Å². The first kappa shape index (κ1) is 16.0. The van der Waals surface area contributed by atoms with Crippen molar-refractivity contribution in [1.82, 2.24) is 4.72 Å². The van der Waals surface area contributed by atoms with Crippen molar-refractivity contribution < 1.29 is 17.5 Å². The molecular formula is C17H18FNO3S. The minimum atomic E-state index is -3.74. The van der Waals surface area contributed by atoms with Crippen LogP contribution in [0.25, 0.3) is 0 Å². The van der Waals surface area contributed by atoms with Crippen LogP contribution in [-0.2, 0) is 10.0 Å². The van der Waals surface area contributed by atoms with Gasteiger partial charge in [-0.15, -0.1) is 0 Å². The molecule has 23 heavy (non-hydrogen) atoms. The molecule has 122 valence electrons. The van der Waals surface area contributed by atoms with Crippen molar-refractivity contribution >= 4 is 10.0 Å². The molecule has 1 atom stereocenters. The van der Waals surface area contributed by atoms with E-state index >= 15 is 0 Å². The fourth-order valence-corrected chi connectivity index (χ4v) is 3.99. The summed E-state index contributed by atoms with van der Waals surface area (Å²) in [6.07, 6.45) is 0.504. The van der Waals surface area contributed by atoms with Gasteiger partial charge in [-0.25, -0.2) is 17.5 Å². The molecule has 0 aliphatic carbocycles. The fourth-order valence-electron chi connectivity index (χ4n) is 2.78. The van der Waals surface area contributed by atoms with Crippen LogP contribution in [0, 0.1) is 5.82 Å². The topological polar surface area (TPSA) is 55.4 Å². The molecule has 0 bridgehead atoms. The smallest absolute Gasteiger partial charge is 0.241 e. The summed E-state index contributed by atoms with van der Waals surface area (Å²) >= 11 is 0. The molecule has 1 aliphatic heterocycles. The molecule has 1 N–H and O–H groups in total. The molecule has 1 aliphatic rings. The third kappa shape index (κ3) is 3.38. The molecule has 0 unspecified atom stereocenters. The number of rotatable bonds is 3. The number of para-hydroxylation sites is 1. The van der Waals surface area contributed by atoms with E-state index in [9.17, 15) is 12.8 Å². The van der Waals surface area contributed by atoms with E-state index in [1.807, 2.05) is 38.1 Å². The highest BCUT2D eigenvalue weighted by atomic mass is 32.2. The number of hydrogen-bond donors (Lipinski definition) is 1. The van der Waals surface area contributed by atoms with Crippen molar-refractivity contribution in [3.05, 3.63) is 59.9 Å². The third-order valence-corrected chi connectivity index (χ3v) is 5.29. The number of ether oxygens (including phenoxy) is 1. The zero-order valence-corrected chi connectivity index (χ0v) is 13.7. The van der Waals surface area contributed by atoms with Crippen LogP contribution in [0.4, 0.5) is 4.39 Å². The van der Waals surface area contributed by atoms with E-state index in [4.69, 9.17) is 4.74 Å². The summed E-state index contributed by atoms with van der Waals surface area (Å²) < 4.78 is 46.7. The van der Waals surface area contributed by atoms with Crippen LogP contribution >= 0.6 is 0 Å². The van der Waals surface area contributed by atoms with Crippen LogP contribution in [0.15, 0.2) is 53.4 Å². The maximum absolute atomic E-state index is 13.0. The van der Waals surface area contributed by atoms with Crippen LogP contribution < -0.4 is 9.46 Å². The average molecular weight is 335 g/mol. The summed E-state index contributed by atoms with van der Waals surface area (Å²) in [6.45, 7) is 3.84. The average Bonchev–Trinajstić information content (AvgIpc) is 2.46. The number of sulfonamides is 1. The van der Waals surface area contributed by atoms with Crippen LogP contribution in [0.2, 0.25) is 0 Å². The van der Waals surface area contributed by atoms with Gasteiger partial charge in [0.1, 0.15) is 17.2 Å². The molecule has 1 heterocycles. The normalized spacial score (nSPS) is 19.7. The Labute approximate surface area is 135 Å². The second-order valence-electron chi connectivity index (χ2n) is 6.23. The zero-order chi connectivity index (χ0) is 16.7. The Hall–Kier alpha value is -1.92. The van der Waals surface area contributed by atoms with Crippen LogP contribution in [-0.4, -0.2) is 14.0 Å². The Morgan fingerprint density at radius 3 is 2.48 bits per heavy atom. The molecule has 0 saturated heterocycles. The lowest BCUT2D eigenvalue weighted by atomic mass is 9.90. The van der Waals surface area contributed by atoms with Crippen LogP contribution in [0.1, 0.15) is 31.9 Å². The second kappa shape index (κ2) is 5.62. The first-order valence-corrected chi connectivity index (χ1v) is 8.81. The van der Waals surface area contributed by atoms with E-state index in [1.165, 1.54) is 12.1 Å². The predicted molar refractivity (Wildman–Crippen MR) is 85.2 cm³/mol. The standard InChI is InChI=1S/C17H18FNO3S/c1-17(2)11-15(14-5-3-4-6-16(14)22-17)19-23(20,21)13-9-7-12(18)8-10-13/h3-10,15,19H,11H2,1-2H3/t15-/m1/s1. The lowest BCUT2D eigenvalue weighted by molar-refractivity contribution is 0.0702. The van der Waals surface area contributed by atoms with E-state index in [1.54, 1.807) is 0 Å². The maximum Gasteiger partial charge on any atom is 0.241 e. The Morgan fingerprint density at radius 2 is 1.78 bits per heavy atom. The van der Waals surface area contributed by atoms with Gasteiger partial charge in [0.2, 0.25) is 10.0 Å². The molecule has 2 aromatic rings. The molecule has 6 heteroatoms. The van der Waals surface area contributed by atoms with Crippen molar-refractivity contribution in [2.45, 2.75) is 36.8 Å². The summed E-state index contributed by atoms with van der Waals surface area (Å²) in [5.74, 6) is 0.206. The van der Waals surface area contributed by atoms with E-state index in [2.05, 4.69) is 4.72 Å². The molecule has 0 radical (unpaired) electrons. The van der Waals surface area contributed by atoms with Crippen LogP contribution in [0.3, 0.4) is 0 Å². The molecule has 0 spiro atoms. The molecule has 0 fully saturated rings. The Balaban J connectivity index is 1.94. The van der Waals surface area contributed by atoms with E-state index < -0.39 is 27.5 Å². The quantitative estimate of drug-likeness (QED) is 0.935. The molecule has 0 aromatic heterocycles. The van der Waals surface area contributed by atoms with Gasteiger partial charge in [-0.1, -0.05) is 18.2 Å². The van der Waals surface area contributed by atoms with E-state index in [0.29, 0.717) is 12.2 Å². The highest BCUT2D eigenvalue weighted by Crippen LogP contribution is 2.39. The number of hydrogen-bond acceptors (Lipinski definition) is 3. The van der Waals surface area contributed by atoms with Crippen molar-refractivity contribution in [3.63, 3.8) is 0 Å². The van der Waals surface area contributed by atoms with Crippen molar-refractivity contribution in [2.75, 3.05) is 0 Å². The third-order valence-electron chi connectivity index (χ3n) is 3.80. The minimum Gasteiger partial charge on any atom is -0.487 e. The highest BCUT2D eigenvalue weighted by molar-refractivity contribution is 7.89. The lowest BCUT2D eigenvalue weighted by Crippen LogP contribution is -2.41. The van der Waals surface area contributed by atoms with Gasteiger partial charge < -0.3 is 4.74 Å². The summed E-state index contributed by atoms with van der Waals surface area (Å²) in [7, 11) is -3.74. The van der Waals surface area contributed by atoms with Crippen molar-refractivity contribution in [3.8, 4) is 5.75 Å². The number of nitrogens with one attached hydrogen (secondary N) is 1. The monoisotopic (exact) mass is 335 g/mol. The van der Waals surface area contributed by atoms with Gasteiger partial charge >= 0.3 is 0 Å². The largest absolute Gasteiger partial charge is 0.487 e. The minimum absolute atomic E-state index is 0.0423. The summed E-state index contributed by atoms with van der Waals surface area (Å²) in [4.78, 5) is 0.0423. The summed E-state index contributed by atoms with van der Waals surface area (Å²) in [6, 6.07) is 11.8. The fraction of sp³-hybridized carbons (Fsp3) is 0.294. The zero-order valence-electron chi connectivity index (χ0n) is 12.9. The van der Waals surface area contributed by atoms with Gasteiger partial charge in [0.25, 0.3) is 0 Å². The number of benzene rings is 2. The molecule has 4 nitrogen and oxygen atoms in total. The van der Waals surface area contributed by atoms with E-state index in [0.717, 1.165) is 17.7 Å². The van der Waals surface area contributed by atoms with Gasteiger partial charge in [-0.2, -0.15) is 0 Å². The predicted octanol–water partition coefficient (Wildman–Crippen LogP) is 3.41. The Kier molecular flexibility index (Phi) is 3.90. The Bertz CT molecular complexity index is 816. The van der Waals surface area contributed by atoms with Gasteiger partial charge in [-0.05, 0) is 44.2 Å². The lowest BCUT2D eigenvalue weighted by Gasteiger charge is -2.37. The maximum atomic E-state index is 13.0. The van der Waals surface area contributed by atoms with Crippen LogP contribution in [0.5, 0.6) is 5.75 Å². The number of halogens is 1. The first-order valence-electron chi connectivity index (χ1n) is 7.33. The SMILES string of the molecule is CC1(C)C[C@@H](NS(=O)(=O)c2ccc(F)cc2)c2ccccc2O1. The molecule has 2 aromatic carbocycles. The molecule has 0 saturated carbocycles. The van der Waals surface area contributed by atoms with Gasteiger partial charge in [-0.3, -0.25) is 0 Å². The molecule has 3 rings (SSSR count). The van der Waals surface area contributed by atoms with Gasteiger partial charge in [0.05, 0.1) is 10.9 Å². The second-order valence-corrected chi connectivity index (χ2v) is 7.95. The summed E-state index contributed by atoms with van der Waals surface area (Å²) in [5.41, 5.74) is 0.321. The van der Waals surface area contributed by atoms with E-state index in [-0.39, 0.29) is 4.90 Å². The first-order chi connectivity index (χ1) is 10.8.